The van der Waals surface area contributed by atoms with E-state index in [2.05, 4.69) is 11.0 Å². The third-order valence-corrected chi connectivity index (χ3v) is 2.68. The van der Waals surface area contributed by atoms with Crippen molar-refractivity contribution in [3.63, 3.8) is 0 Å². The van der Waals surface area contributed by atoms with Crippen LogP contribution in [0.2, 0.25) is 0 Å². The molecule has 0 fully saturated rings. The second kappa shape index (κ2) is 7.77. The fourth-order valence-electron chi connectivity index (χ4n) is 1.54. The number of hydrogen-bond acceptors (Lipinski definition) is 2. The van der Waals surface area contributed by atoms with E-state index in [4.69, 9.17) is 27.9 Å². The maximum absolute atomic E-state index is 5.75. The third kappa shape index (κ3) is 4.60. The molecule has 0 aliphatic heterocycles. The fourth-order valence-corrected chi connectivity index (χ4v) is 2.02. The summed E-state index contributed by atoms with van der Waals surface area (Å²) in [5, 5.41) is 0. The van der Waals surface area contributed by atoms with Crippen LogP contribution in [0.1, 0.15) is 5.56 Å². The van der Waals surface area contributed by atoms with Crippen LogP contribution >= 0.6 is 23.2 Å². The predicted octanol–water partition coefficient (Wildman–Crippen LogP) is 2.97. The highest BCUT2D eigenvalue weighted by atomic mass is 35.5. The molecular formula is C12H17Cl2NO. The highest BCUT2D eigenvalue weighted by molar-refractivity contribution is 6.18. The first kappa shape index (κ1) is 13.6. The first-order chi connectivity index (χ1) is 7.80. The van der Waals surface area contributed by atoms with Crippen molar-refractivity contribution in [1.29, 1.82) is 0 Å². The number of methoxy groups -OCH3 is 1. The monoisotopic (exact) mass is 261 g/mol. The van der Waals surface area contributed by atoms with Gasteiger partial charge in [-0.25, -0.2) is 0 Å². The summed E-state index contributed by atoms with van der Waals surface area (Å²) in [5.74, 6) is 2.14. The Hall–Kier alpha value is -0.440. The zero-order chi connectivity index (χ0) is 11.8. The van der Waals surface area contributed by atoms with Gasteiger partial charge in [-0.1, -0.05) is 12.1 Å². The molecule has 0 unspecified atom stereocenters. The number of alkyl halides is 2. The molecule has 0 bridgehead atoms. The summed E-state index contributed by atoms with van der Waals surface area (Å²) < 4.78 is 5.19. The second-order valence-corrected chi connectivity index (χ2v) is 4.26. The summed E-state index contributed by atoms with van der Waals surface area (Å²) in [7, 11) is 1.68. The molecule has 0 aliphatic rings. The van der Waals surface area contributed by atoms with Crippen LogP contribution in [0.3, 0.4) is 0 Å². The predicted molar refractivity (Wildman–Crippen MR) is 69.7 cm³/mol. The average molecular weight is 262 g/mol. The number of hydrogen-bond donors (Lipinski definition) is 0. The highest BCUT2D eigenvalue weighted by Crippen LogP contribution is 2.14. The van der Waals surface area contributed by atoms with Crippen molar-refractivity contribution in [3.8, 4) is 5.75 Å². The van der Waals surface area contributed by atoms with E-state index in [1.165, 1.54) is 5.56 Å². The molecule has 0 amide bonds. The SMILES string of the molecule is COc1cccc(CN(CCCl)CCCl)c1. The summed E-state index contributed by atoms with van der Waals surface area (Å²) >= 11 is 11.5. The molecule has 0 aromatic heterocycles. The Morgan fingerprint density at radius 1 is 1.19 bits per heavy atom. The van der Waals surface area contributed by atoms with Gasteiger partial charge in [-0.15, -0.1) is 23.2 Å². The van der Waals surface area contributed by atoms with Crippen LogP contribution in [0.4, 0.5) is 0 Å². The molecule has 1 aromatic rings. The fraction of sp³-hybridized carbons (Fsp3) is 0.500. The van der Waals surface area contributed by atoms with E-state index in [1.807, 2.05) is 18.2 Å². The van der Waals surface area contributed by atoms with Gasteiger partial charge in [0, 0.05) is 31.4 Å². The third-order valence-electron chi connectivity index (χ3n) is 2.34. The van der Waals surface area contributed by atoms with Crippen molar-refractivity contribution in [1.82, 2.24) is 4.90 Å². The van der Waals surface area contributed by atoms with Gasteiger partial charge in [0.05, 0.1) is 7.11 Å². The minimum absolute atomic E-state index is 0.626. The van der Waals surface area contributed by atoms with Gasteiger partial charge in [-0.3, -0.25) is 4.90 Å². The van der Waals surface area contributed by atoms with Gasteiger partial charge in [0.2, 0.25) is 0 Å². The van der Waals surface area contributed by atoms with Crippen molar-refractivity contribution in [2.45, 2.75) is 6.54 Å². The van der Waals surface area contributed by atoms with E-state index in [9.17, 15) is 0 Å². The average Bonchev–Trinajstić information content (AvgIpc) is 2.30. The van der Waals surface area contributed by atoms with Crippen LogP contribution in [0.5, 0.6) is 5.75 Å². The largest absolute Gasteiger partial charge is 0.497 e. The molecule has 2 nitrogen and oxygen atoms in total. The van der Waals surface area contributed by atoms with Crippen molar-refractivity contribution in [2.75, 3.05) is 32.0 Å². The van der Waals surface area contributed by atoms with E-state index >= 15 is 0 Å². The highest BCUT2D eigenvalue weighted by Gasteiger charge is 2.05. The van der Waals surface area contributed by atoms with Gasteiger partial charge in [-0.05, 0) is 17.7 Å². The van der Waals surface area contributed by atoms with Gasteiger partial charge in [0.1, 0.15) is 5.75 Å². The second-order valence-electron chi connectivity index (χ2n) is 3.51. The summed E-state index contributed by atoms with van der Waals surface area (Å²) in [6.07, 6.45) is 0. The van der Waals surface area contributed by atoms with E-state index in [1.54, 1.807) is 7.11 Å². The molecule has 0 saturated carbocycles. The molecule has 1 rings (SSSR count). The Balaban J connectivity index is 2.60. The van der Waals surface area contributed by atoms with Crippen molar-refractivity contribution >= 4 is 23.2 Å². The lowest BCUT2D eigenvalue weighted by Gasteiger charge is -2.20. The van der Waals surface area contributed by atoms with Crippen LogP contribution < -0.4 is 4.74 Å². The van der Waals surface area contributed by atoms with E-state index in [0.29, 0.717) is 11.8 Å². The molecule has 0 spiro atoms. The number of benzene rings is 1. The van der Waals surface area contributed by atoms with E-state index < -0.39 is 0 Å². The molecular weight excluding hydrogens is 245 g/mol. The molecule has 0 atom stereocenters. The molecule has 4 heteroatoms. The molecule has 0 N–H and O–H groups in total. The topological polar surface area (TPSA) is 12.5 Å². The molecule has 0 radical (unpaired) electrons. The van der Waals surface area contributed by atoms with Gasteiger partial charge in [0.25, 0.3) is 0 Å². The molecule has 0 aliphatic carbocycles. The Morgan fingerprint density at radius 3 is 2.44 bits per heavy atom. The van der Waals surface area contributed by atoms with E-state index in [-0.39, 0.29) is 0 Å². The lowest BCUT2D eigenvalue weighted by molar-refractivity contribution is 0.299. The molecule has 0 heterocycles. The van der Waals surface area contributed by atoms with Crippen LogP contribution in [0, 0.1) is 0 Å². The molecule has 1 aromatic carbocycles. The summed E-state index contributed by atoms with van der Waals surface area (Å²) in [4.78, 5) is 2.23. The normalized spacial score (nSPS) is 10.8. The van der Waals surface area contributed by atoms with Gasteiger partial charge in [0.15, 0.2) is 0 Å². The minimum atomic E-state index is 0.626. The number of ether oxygens (including phenoxy) is 1. The number of nitrogens with zero attached hydrogens (tertiary/aromatic N) is 1. The lowest BCUT2D eigenvalue weighted by atomic mass is 10.2. The van der Waals surface area contributed by atoms with Gasteiger partial charge < -0.3 is 4.74 Å². The summed E-state index contributed by atoms with van der Waals surface area (Å²) in [6, 6.07) is 8.05. The van der Waals surface area contributed by atoms with Crippen molar-refractivity contribution in [2.24, 2.45) is 0 Å². The van der Waals surface area contributed by atoms with Crippen LogP contribution in [-0.2, 0) is 6.54 Å². The first-order valence-corrected chi connectivity index (χ1v) is 6.34. The maximum Gasteiger partial charge on any atom is 0.119 e. The van der Waals surface area contributed by atoms with Crippen LogP contribution in [-0.4, -0.2) is 36.9 Å². The smallest absolute Gasteiger partial charge is 0.119 e. The molecule has 16 heavy (non-hydrogen) atoms. The number of halogens is 2. The Morgan fingerprint density at radius 2 is 1.88 bits per heavy atom. The zero-order valence-electron chi connectivity index (χ0n) is 9.46. The Kier molecular flexibility index (Phi) is 6.62. The van der Waals surface area contributed by atoms with Crippen LogP contribution in [0.25, 0.3) is 0 Å². The zero-order valence-corrected chi connectivity index (χ0v) is 11.0. The minimum Gasteiger partial charge on any atom is -0.497 e. The van der Waals surface area contributed by atoms with Crippen molar-refractivity contribution < 1.29 is 4.74 Å². The summed E-state index contributed by atoms with van der Waals surface area (Å²) in [5.41, 5.74) is 1.22. The van der Waals surface area contributed by atoms with E-state index in [0.717, 1.165) is 25.4 Å². The summed E-state index contributed by atoms with van der Waals surface area (Å²) in [6.45, 7) is 2.56. The van der Waals surface area contributed by atoms with Gasteiger partial charge in [-0.2, -0.15) is 0 Å². The quantitative estimate of drug-likeness (QED) is 0.700. The Labute approximate surface area is 107 Å². The van der Waals surface area contributed by atoms with Crippen LogP contribution in [0.15, 0.2) is 24.3 Å². The molecule has 90 valence electrons. The van der Waals surface area contributed by atoms with Crippen molar-refractivity contribution in [3.05, 3.63) is 29.8 Å². The molecule has 0 saturated heterocycles. The standard InChI is InChI=1S/C12H17Cl2NO/c1-16-12-4-2-3-11(9-12)10-15(7-5-13)8-6-14/h2-4,9H,5-8,10H2,1H3. The first-order valence-electron chi connectivity index (χ1n) is 5.27. The Bertz CT molecular complexity index is 301. The lowest BCUT2D eigenvalue weighted by Crippen LogP contribution is -2.27. The number of rotatable bonds is 7. The van der Waals surface area contributed by atoms with Gasteiger partial charge >= 0.3 is 0 Å². The maximum atomic E-state index is 5.75.